The van der Waals surface area contributed by atoms with Crippen molar-refractivity contribution in [1.82, 2.24) is 0 Å². The van der Waals surface area contributed by atoms with Crippen LogP contribution in [-0.4, -0.2) is 36.9 Å². The number of carbonyl (C=O) groups is 2. The highest BCUT2D eigenvalue weighted by Crippen LogP contribution is 2.43. The molecule has 0 radical (unpaired) electrons. The van der Waals surface area contributed by atoms with Gasteiger partial charge in [-0.15, -0.1) is 0 Å². The molecule has 4 fully saturated rings. The highest BCUT2D eigenvalue weighted by molar-refractivity contribution is 5.73. The first kappa shape index (κ1) is 36.7. The maximum absolute atomic E-state index is 13.1. The monoisotopic (exact) mass is 631 g/mol. The number of rotatable bonds is 19. The van der Waals surface area contributed by atoms with Crippen molar-refractivity contribution in [3.05, 3.63) is 0 Å². The fraction of sp³-hybridized carbons (Fsp3) is 0.950. The Morgan fingerprint density at radius 2 is 0.933 bits per heavy atom. The summed E-state index contributed by atoms with van der Waals surface area (Å²) in [5, 5.41) is 0. The van der Waals surface area contributed by atoms with E-state index in [-0.39, 0.29) is 36.0 Å². The predicted molar refractivity (Wildman–Crippen MR) is 183 cm³/mol. The smallest absolute Gasteiger partial charge is 0.309 e. The van der Waals surface area contributed by atoms with Crippen LogP contribution >= 0.6 is 0 Å². The average molecular weight is 631 g/mol. The Balaban J connectivity index is 1.04. The lowest BCUT2D eigenvalue weighted by Crippen LogP contribution is -2.39. The van der Waals surface area contributed by atoms with Crippen LogP contribution in [0.25, 0.3) is 0 Å². The van der Waals surface area contributed by atoms with E-state index in [4.69, 9.17) is 14.2 Å². The van der Waals surface area contributed by atoms with E-state index in [0.717, 1.165) is 89.6 Å². The van der Waals surface area contributed by atoms with Crippen molar-refractivity contribution in [3.8, 4) is 0 Å². The standard InChI is InChI=1S/C40H70O5/c1-3-5-7-9-11-13-15-31-16-18-32(19-17-31)39(41)44-37-26-22-35-30-38(27-23-34(35)29-37)45-40(42)33-20-24-36(25-21-33)43-28-14-12-10-8-6-4-2/h31-38H,3-30H2,1-2H3. The SMILES string of the molecule is CCCCCCCCOC1CCC(C(=O)OC2CCC3CC(OC(=O)C4CCC(CCCCCCCC)CC4)CCC3C2)CC1. The van der Waals surface area contributed by atoms with Gasteiger partial charge in [-0.25, -0.2) is 0 Å². The van der Waals surface area contributed by atoms with Crippen LogP contribution in [-0.2, 0) is 23.8 Å². The third-order valence-electron chi connectivity index (χ3n) is 12.1. The van der Waals surface area contributed by atoms with Crippen molar-refractivity contribution in [1.29, 1.82) is 0 Å². The summed E-state index contributed by atoms with van der Waals surface area (Å²) >= 11 is 0. The van der Waals surface area contributed by atoms with Crippen LogP contribution in [0, 0.1) is 29.6 Å². The molecule has 0 aliphatic heterocycles. The fourth-order valence-electron chi connectivity index (χ4n) is 9.04. The van der Waals surface area contributed by atoms with Crippen LogP contribution in [0.15, 0.2) is 0 Å². The van der Waals surface area contributed by atoms with Gasteiger partial charge in [-0.2, -0.15) is 0 Å². The van der Waals surface area contributed by atoms with Crippen LogP contribution in [0.2, 0.25) is 0 Å². The van der Waals surface area contributed by atoms with Crippen molar-refractivity contribution in [2.45, 2.75) is 206 Å². The number of fused-ring (bicyclic) bond motifs is 1. The van der Waals surface area contributed by atoms with Crippen molar-refractivity contribution in [3.63, 3.8) is 0 Å². The van der Waals surface area contributed by atoms with Gasteiger partial charge in [0.15, 0.2) is 0 Å². The molecule has 0 bridgehead atoms. The first-order valence-corrected chi connectivity index (χ1v) is 20.1. The Kier molecular flexibility index (Phi) is 17.1. The van der Waals surface area contributed by atoms with Crippen molar-refractivity contribution < 1.29 is 23.8 Å². The molecule has 4 unspecified atom stereocenters. The summed E-state index contributed by atoms with van der Waals surface area (Å²) in [6.07, 6.45) is 32.2. The van der Waals surface area contributed by atoms with E-state index < -0.39 is 0 Å². The fourth-order valence-corrected chi connectivity index (χ4v) is 9.04. The highest BCUT2D eigenvalue weighted by Gasteiger charge is 2.40. The lowest BCUT2D eigenvalue weighted by Gasteiger charge is -2.42. The molecular weight excluding hydrogens is 560 g/mol. The van der Waals surface area contributed by atoms with Gasteiger partial charge < -0.3 is 14.2 Å². The molecule has 0 aromatic carbocycles. The molecule has 5 nitrogen and oxygen atoms in total. The summed E-state index contributed by atoms with van der Waals surface area (Å²) < 4.78 is 18.4. The Morgan fingerprint density at radius 3 is 1.47 bits per heavy atom. The van der Waals surface area contributed by atoms with Gasteiger partial charge in [0.1, 0.15) is 12.2 Å². The van der Waals surface area contributed by atoms with Gasteiger partial charge in [-0.05, 0) is 114 Å². The molecule has 45 heavy (non-hydrogen) atoms. The van der Waals surface area contributed by atoms with E-state index in [1.54, 1.807) is 0 Å². The first-order valence-electron chi connectivity index (χ1n) is 20.1. The summed E-state index contributed by atoms with van der Waals surface area (Å²) in [7, 11) is 0. The molecule has 260 valence electrons. The molecule has 4 aliphatic carbocycles. The van der Waals surface area contributed by atoms with Gasteiger partial charge in [0, 0.05) is 6.61 Å². The summed E-state index contributed by atoms with van der Waals surface area (Å²) in [6.45, 7) is 5.41. The van der Waals surface area contributed by atoms with E-state index in [0.29, 0.717) is 17.9 Å². The van der Waals surface area contributed by atoms with Crippen LogP contribution in [0.5, 0.6) is 0 Å². The Labute approximate surface area is 277 Å². The predicted octanol–water partition coefficient (Wildman–Crippen LogP) is 10.9. The number of hydrogen-bond acceptors (Lipinski definition) is 5. The number of ether oxygens (including phenoxy) is 3. The molecule has 5 heteroatoms. The second-order valence-electron chi connectivity index (χ2n) is 15.7. The molecule has 4 saturated carbocycles. The molecule has 4 aliphatic rings. The van der Waals surface area contributed by atoms with E-state index in [1.807, 2.05) is 0 Å². The van der Waals surface area contributed by atoms with Gasteiger partial charge in [-0.3, -0.25) is 9.59 Å². The minimum absolute atomic E-state index is 0.0390. The Hall–Kier alpha value is -1.10. The van der Waals surface area contributed by atoms with Crippen molar-refractivity contribution in [2.24, 2.45) is 29.6 Å². The van der Waals surface area contributed by atoms with Gasteiger partial charge >= 0.3 is 11.9 Å². The van der Waals surface area contributed by atoms with Crippen LogP contribution < -0.4 is 0 Å². The van der Waals surface area contributed by atoms with E-state index in [1.165, 1.54) is 96.3 Å². The van der Waals surface area contributed by atoms with E-state index in [9.17, 15) is 9.59 Å². The molecule has 0 aromatic rings. The molecule has 4 atom stereocenters. The Bertz CT molecular complexity index is 812. The zero-order valence-corrected chi connectivity index (χ0v) is 29.5. The van der Waals surface area contributed by atoms with Gasteiger partial charge in [0.25, 0.3) is 0 Å². The zero-order valence-electron chi connectivity index (χ0n) is 29.5. The van der Waals surface area contributed by atoms with Gasteiger partial charge in [-0.1, -0.05) is 90.9 Å². The molecule has 0 amide bonds. The van der Waals surface area contributed by atoms with Gasteiger partial charge in [0.2, 0.25) is 0 Å². The minimum atomic E-state index is 0.0390. The molecule has 0 heterocycles. The molecule has 4 rings (SSSR count). The summed E-state index contributed by atoms with van der Waals surface area (Å²) in [5.74, 6) is 2.34. The third-order valence-corrected chi connectivity index (χ3v) is 12.1. The normalized spacial score (nSPS) is 32.0. The topological polar surface area (TPSA) is 61.8 Å². The second kappa shape index (κ2) is 21.0. The summed E-state index contributed by atoms with van der Waals surface area (Å²) in [5.41, 5.74) is 0. The number of hydrogen-bond donors (Lipinski definition) is 0. The van der Waals surface area contributed by atoms with Crippen LogP contribution in [0.3, 0.4) is 0 Å². The van der Waals surface area contributed by atoms with Crippen LogP contribution in [0.1, 0.15) is 187 Å². The lowest BCUT2D eigenvalue weighted by atomic mass is 9.69. The maximum atomic E-state index is 13.1. The maximum Gasteiger partial charge on any atom is 0.309 e. The van der Waals surface area contributed by atoms with E-state index in [2.05, 4.69) is 13.8 Å². The van der Waals surface area contributed by atoms with Crippen molar-refractivity contribution in [2.75, 3.05) is 6.61 Å². The second-order valence-corrected chi connectivity index (χ2v) is 15.7. The third kappa shape index (κ3) is 13.1. The molecule has 0 N–H and O–H groups in total. The molecule has 0 spiro atoms. The number of unbranched alkanes of at least 4 members (excludes halogenated alkanes) is 10. The zero-order chi connectivity index (χ0) is 31.7. The summed E-state index contributed by atoms with van der Waals surface area (Å²) in [6, 6.07) is 0. The molecular formula is C40H70O5. The van der Waals surface area contributed by atoms with Crippen LogP contribution in [0.4, 0.5) is 0 Å². The van der Waals surface area contributed by atoms with Crippen molar-refractivity contribution >= 4 is 11.9 Å². The average Bonchev–Trinajstić information content (AvgIpc) is 3.06. The Morgan fingerprint density at radius 1 is 0.489 bits per heavy atom. The first-order chi connectivity index (χ1) is 22.1. The highest BCUT2D eigenvalue weighted by atomic mass is 16.5. The lowest BCUT2D eigenvalue weighted by molar-refractivity contribution is -0.164. The molecule has 0 aromatic heterocycles. The largest absolute Gasteiger partial charge is 0.462 e. The molecule has 0 saturated heterocycles. The quantitative estimate of drug-likeness (QED) is 0.105. The number of carbonyl (C=O) groups excluding carboxylic acids is 2. The van der Waals surface area contributed by atoms with E-state index >= 15 is 0 Å². The minimum Gasteiger partial charge on any atom is -0.462 e. The van der Waals surface area contributed by atoms with Gasteiger partial charge in [0.05, 0.1) is 17.9 Å². The summed E-state index contributed by atoms with van der Waals surface area (Å²) in [4.78, 5) is 26.1. The number of esters is 2.